The number of nitrogens with zero attached hydrogens (tertiary/aromatic N) is 2. The number of aromatic nitrogens is 1. The summed E-state index contributed by atoms with van der Waals surface area (Å²) < 4.78 is 6.87. The van der Waals surface area contributed by atoms with Gasteiger partial charge in [0.05, 0.1) is 12.2 Å². The molecule has 7 nitrogen and oxygen atoms in total. The second kappa shape index (κ2) is 8.94. The summed E-state index contributed by atoms with van der Waals surface area (Å²) in [5.41, 5.74) is 3.68. The van der Waals surface area contributed by atoms with Crippen LogP contribution in [0.15, 0.2) is 30.3 Å². The van der Waals surface area contributed by atoms with Gasteiger partial charge in [-0.15, -0.1) is 0 Å². The molecule has 2 amide bonds. The Morgan fingerprint density at radius 1 is 1.21 bits per heavy atom. The average Bonchev–Trinajstić information content (AvgIpc) is 3.20. The molecule has 1 N–H and O–H groups in total. The SMILES string of the molecule is CCOC(=O)c1cc(C)n(CC(=O)Nc2cccc(CN3CCCC3=O)c2)c1C. The van der Waals surface area contributed by atoms with Gasteiger partial charge in [-0.25, -0.2) is 4.79 Å². The highest BCUT2D eigenvalue weighted by Crippen LogP contribution is 2.19. The molecule has 29 heavy (non-hydrogen) atoms. The van der Waals surface area contributed by atoms with Gasteiger partial charge in [0.1, 0.15) is 6.54 Å². The van der Waals surface area contributed by atoms with Crippen LogP contribution in [-0.4, -0.2) is 40.4 Å². The summed E-state index contributed by atoms with van der Waals surface area (Å²) in [6.45, 7) is 7.18. The first-order valence-electron chi connectivity index (χ1n) is 9.89. The molecule has 1 aliphatic rings. The molecule has 0 spiro atoms. The molecule has 7 heteroatoms. The Balaban J connectivity index is 1.66. The molecule has 1 fully saturated rings. The minimum atomic E-state index is -0.378. The lowest BCUT2D eigenvalue weighted by molar-refractivity contribution is -0.128. The predicted octanol–water partition coefficient (Wildman–Crippen LogP) is 3.04. The number of hydrogen-bond donors (Lipinski definition) is 1. The van der Waals surface area contributed by atoms with Crippen molar-refractivity contribution in [2.75, 3.05) is 18.5 Å². The Morgan fingerprint density at radius 2 is 2.00 bits per heavy atom. The van der Waals surface area contributed by atoms with Gasteiger partial charge in [0.25, 0.3) is 0 Å². The third-order valence-corrected chi connectivity index (χ3v) is 5.13. The van der Waals surface area contributed by atoms with E-state index >= 15 is 0 Å². The van der Waals surface area contributed by atoms with Gasteiger partial charge in [0, 0.05) is 36.6 Å². The fraction of sp³-hybridized carbons (Fsp3) is 0.409. The van der Waals surface area contributed by atoms with E-state index in [1.54, 1.807) is 24.5 Å². The first kappa shape index (κ1) is 20.6. The molecule has 3 rings (SSSR count). The largest absolute Gasteiger partial charge is 0.462 e. The number of ether oxygens (including phenoxy) is 1. The highest BCUT2D eigenvalue weighted by Gasteiger charge is 2.20. The van der Waals surface area contributed by atoms with Gasteiger partial charge in [0.15, 0.2) is 0 Å². The molecule has 0 atom stereocenters. The fourth-order valence-corrected chi connectivity index (χ4v) is 3.64. The highest BCUT2D eigenvalue weighted by atomic mass is 16.5. The lowest BCUT2D eigenvalue weighted by atomic mass is 10.2. The molecule has 1 saturated heterocycles. The zero-order valence-corrected chi connectivity index (χ0v) is 17.2. The molecule has 2 aromatic rings. The van der Waals surface area contributed by atoms with Gasteiger partial charge in [-0.3, -0.25) is 9.59 Å². The standard InChI is InChI=1S/C22H27N3O4/c1-4-29-22(28)19-11-15(2)25(16(19)3)14-20(26)23-18-8-5-7-17(12-18)13-24-10-6-9-21(24)27/h5,7-8,11-12H,4,6,9-10,13-14H2,1-3H3,(H,23,26). The van der Waals surface area contributed by atoms with Crippen molar-refractivity contribution < 1.29 is 19.1 Å². The molecule has 154 valence electrons. The Kier molecular flexibility index (Phi) is 6.36. The number of likely N-dealkylation sites (tertiary alicyclic amines) is 1. The monoisotopic (exact) mass is 397 g/mol. The van der Waals surface area contributed by atoms with Crippen LogP contribution >= 0.6 is 0 Å². The first-order chi connectivity index (χ1) is 13.9. The number of aryl methyl sites for hydroxylation is 1. The van der Waals surface area contributed by atoms with Gasteiger partial charge in [0.2, 0.25) is 11.8 Å². The molecule has 2 heterocycles. The molecule has 0 aliphatic carbocycles. The zero-order chi connectivity index (χ0) is 21.0. The normalized spacial score (nSPS) is 13.6. The molecule has 1 aliphatic heterocycles. The van der Waals surface area contributed by atoms with E-state index in [1.165, 1.54) is 0 Å². The van der Waals surface area contributed by atoms with Crippen LogP contribution < -0.4 is 5.32 Å². The van der Waals surface area contributed by atoms with Crippen molar-refractivity contribution in [2.24, 2.45) is 0 Å². The zero-order valence-electron chi connectivity index (χ0n) is 17.2. The van der Waals surface area contributed by atoms with Crippen LogP contribution in [0.5, 0.6) is 0 Å². The number of carbonyl (C=O) groups excluding carboxylic acids is 3. The number of rotatable bonds is 7. The Hall–Kier alpha value is -3.09. The number of hydrogen-bond acceptors (Lipinski definition) is 4. The van der Waals surface area contributed by atoms with Gasteiger partial charge >= 0.3 is 5.97 Å². The minimum absolute atomic E-state index is 0.103. The van der Waals surface area contributed by atoms with E-state index in [2.05, 4.69) is 5.32 Å². The third-order valence-electron chi connectivity index (χ3n) is 5.13. The van der Waals surface area contributed by atoms with E-state index in [0.29, 0.717) is 36.5 Å². The number of carbonyl (C=O) groups is 3. The van der Waals surface area contributed by atoms with E-state index in [-0.39, 0.29) is 24.3 Å². The highest BCUT2D eigenvalue weighted by molar-refractivity contribution is 5.93. The molecule has 0 unspecified atom stereocenters. The van der Waals surface area contributed by atoms with Crippen molar-refractivity contribution in [3.05, 3.63) is 52.8 Å². The number of benzene rings is 1. The van der Waals surface area contributed by atoms with Crippen LogP contribution in [0.2, 0.25) is 0 Å². The van der Waals surface area contributed by atoms with Crippen molar-refractivity contribution in [2.45, 2.75) is 46.7 Å². The molecule has 0 bridgehead atoms. The van der Waals surface area contributed by atoms with Crippen molar-refractivity contribution in [3.8, 4) is 0 Å². The van der Waals surface area contributed by atoms with Crippen LogP contribution in [0.25, 0.3) is 0 Å². The first-order valence-corrected chi connectivity index (χ1v) is 9.89. The van der Waals surface area contributed by atoms with E-state index < -0.39 is 0 Å². The predicted molar refractivity (Wildman–Crippen MR) is 110 cm³/mol. The smallest absolute Gasteiger partial charge is 0.339 e. The van der Waals surface area contributed by atoms with E-state index in [9.17, 15) is 14.4 Å². The lowest BCUT2D eigenvalue weighted by Gasteiger charge is -2.16. The topological polar surface area (TPSA) is 80.6 Å². The molecule has 0 radical (unpaired) electrons. The summed E-state index contributed by atoms with van der Waals surface area (Å²) in [7, 11) is 0. The van der Waals surface area contributed by atoms with Gasteiger partial charge in [-0.1, -0.05) is 12.1 Å². The van der Waals surface area contributed by atoms with E-state index in [0.717, 1.165) is 24.2 Å². The van der Waals surface area contributed by atoms with Crippen molar-refractivity contribution in [1.29, 1.82) is 0 Å². The molecule has 0 saturated carbocycles. The number of anilines is 1. The van der Waals surface area contributed by atoms with Gasteiger partial charge in [-0.05, 0) is 51.0 Å². The summed E-state index contributed by atoms with van der Waals surface area (Å²) in [4.78, 5) is 38.3. The van der Waals surface area contributed by atoms with Crippen molar-refractivity contribution >= 4 is 23.5 Å². The summed E-state index contributed by atoms with van der Waals surface area (Å²) in [5.74, 6) is -0.386. The van der Waals surface area contributed by atoms with Crippen molar-refractivity contribution in [1.82, 2.24) is 9.47 Å². The summed E-state index contributed by atoms with van der Waals surface area (Å²) in [6, 6.07) is 9.29. The number of nitrogens with one attached hydrogen (secondary N) is 1. The Morgan fingerprint density at radius 3 is 2.69 bits per heavy atom. The second-order valence-corrected chi connectivity index (χ2v) is 7.26. The van der Waals surface area contributed by atoms with E-state index in [1.807, 2.05) is 36.1 Å². The number of amides is 2. The molecule has 1 aromatic heterocycles. The average molecular weight is 397 g/mol. The second-order valence-electron chi connectivity index (χ2n) is 7.26. The quantitative estimate of drug-likeness (QED) is 0.728. The van der Waals surface area contributed by atoms with Crippen LogP contribution in [0.1, 0.15) is 47.1 Å². The van der Waals surface area contributed by atoms with Crippen LogP contribution in [0, 0.1) is 13.8 Å². The lowest BCUT2D eigenvalue weighted by Crippen LogP contribution is -2.24. The number of esters is 1. The van der Waals surface area contributed by atoms with Gasteiger partial charge in [-0.2, -0.15) is 0 Å². The van der Waals surface area contributed by atoms with Crippen molar-refractivity contribution in [3.63, 3.8) is 0 Å². The Labute approximate surface area is 170 Å². The molecule has 1 aromatic carbocycles. The van der Waals surface area contributed by atoms with Gasteiger partial charge < -0.3 is 19.5 Å². The maximum absolute atomic E-state index is 12.6. The minimum Gasteiger partial charge on any atom is -0.462 e. The Bertz CT molecular complexity index is 932. The molecular weight excluding hydrogens is 370 g/mol. The fourth-order valence-electron chi connectivity index (χ4n) is 3.64. The molecular formula is C22H27N3O4. The summed E-state index contributed by atoms with van der Waals surface area (Å²) in [5, 5.41) is 2.91. The van der Waals surface area contributed by atoms with Crippen LogP contribution in [0.4, 0.5) is 5.69 Å². The van der Waals surface area contributed by atoms with Crippen LogP contribution in [-0.2, 0) is 27.4 Å². The summed E-state index contributed by atoms with van der Waals surface area (Å²) in [6.07, 6.45) is 1.51. The maximum atomic E-state index is 12.6. The summed E-state index contributed by atoms with van der Waals surface area (Å²) >= 11 is 0. The van der Waals surface area contributed by atoms with E-state index in [4.69, 9.17) is 4.74 Å². The third kappa shape index (κ3) is 4.85. The maximum Gasteiger partial charge on any atom is 0.339 e. The van der Waals surface area contributed by atoms with Crippen LogP contribution in [0.3, 0.4) is 0 Å².